The van der Waals surface area contributed by atoms with Crippen LogP contribution in [0.2, 0.25) is 0 Å². The fourth-order valence-corrected chi connectivity index (χ4v) is 2.07. The summed E-state index contributed by atoms with van der Waals surface area (Å²) >= 11 is 0. The SMILES string of the molecule is CCCC/C(C)=C/CCOCCCc1ccccc1. The van der Waals surface area contributed by atoms with Gasteiger partial charge in [0.25, 0.3) is 0 Å². The first-order chi connectivity index (χ1) is 9.33. The van der Waals surface area contributed by atoms with Crippen molar-refractivity contribution in [3.05, 3.63) is 47.5 Å². The van der Waals surface area contributed by atoms with E-state index in [1.165, 1.54) is 30.4 Å². The molecule has 1 nitrogen and oxygen atoms in total. The molecule has 0 N–H and O–H groups in total. The van der Waals surface area contributed by atoms with Crippen LogP contribution in [0.1, 0.15) is 51.5 Å². The molecule has 1 aromatic rings. The Balaban J connectivity index is 1.97. The number of benzene rings is 1. The highest BCUT2D eigenvalue weighted by Gasteiger charge is 1.93. The first-order valence-corrected chi connectivity index (χ1v) is 7.60. The molecule has 0 saturated carbocycles. The van der Waals surface area contributed by atoms with E-state index in [1.54, 1.807) is 0 Å². The molecule has 1 aromatic carbocycles. The van der Waals surface area contributed by atoms with E-state index < -0.39 is 0 Å². The summed E-state index contributed by atoms with van der Waals surface area (Å²) in [4.78, 5) is 0. The van der Waals surface area contributed by atoms with E-state index in [0.29, 0.717) is 0 Å². The van der Waals surface area contributed by atoms with Gasteiger partial charge in [0.05, 0.1) is 6.61 Å². The smallest absolute Gasteiger partial charge is 0.0500 e. The standard InChI is InChI=1S/C18H28O/c1-3-4-10-17(2)11-8-15-19-16-9-14-18-12-6-5-7-13-18/h5-7,11-13H,3-4,8-10,14-16H2,1-2H3/b17-11+. The zero-order valence-electron chi connectivity index (χ0n) is 12.5. The number of rotatable bonds is 10. The summed E-state index contributed by atoms with van der Waals surface area (Å²) in [5.74, 6) is 0. The molecule has 0 radical (unpaired) electrons. The van der Waals surface area contributed by atoms with Gasteiger partial charge in [-0.2, -0.15) is 0 Å². The van der Waals surface area contributed by atoms with Crippen LogP contribution in [-0.2, 0) is 11.2 Å². The van der Waals surface area contributed by atoms with Crippen molar-refractivity contribution in [2.45, 2.75) is 52.4 Å². The number of hydrogen-bond donors (Lipinski definition) is 0. The average Bonchev–Trinajstić information content (AvgIpc) is 2.45. The second kappa shape index (κ2) is 10.8. The van der Waals surface area contributed by atoms with E-state index in [4.69, 9.17) is 4.74 Å². The molecule has 0 spiro atoms. The van der Waals surface area contributed by atoms with Crippen LogP contribution in [-0.4, -0.2) is 13.2 Å². The molecule has 0 aliphatic heterocycles. The van der Waals surface area contributed by atoms with Gasteiger partial charge in [0.1, 0.15) is 0 Å². The van der Waals surface area contributed by atoms with Crippen molar-refractivity contribution in [1.82, 2.24) is 0 Å². The molecule has 0 heterocycles. The predicted molar refractivity (Wildman–Crippen MR) is 83.5 cm³/mol. The maximum Gasteiger partial charge on any atom is 0.0500 e. The normalized spacial score (nSPS) is 11.8. The van der Waals surface area contributed by atoms with E-state index in [9.17, 15) is 0 Å². The first kappa shape index (κ1) is 16.0. The largest absolute Gasteiger partial charge is 0.381 e. The van der Waals surface area contributed by atoms with Crippen molar-refractivity contribution in [3.63, 3.8) is 0 Å². The van der Waals surface area contributed by atoms with Crippen LogP contribution < -0.4 is 0 Å². The molecule has 0 aliphatic rings. The highest BCUT2D eigenvalue weighted by Crippen LogP contribution is 2.07. The van der Waals surface area contributed by atoms with E-state index in [2.05, 4.69) is 50.3 Å². The Labute approximate surface area is 118 Å². The number of ether oxygens (including phenoxy) is 1. The summed E-state index contributed by atoms with van der Waals surface area (Å²) in [6, 6.07) is 10.6. The molecule has 0 saturated heterocycles. The van der Waals surface area contributed by atoms with Crippen LogP contribution in [0.4, 0.5) is 0 Å². The summed E-state index contributed by atoms with van der Waals surface area (Å²) in [6.45, 7) is 6.20. The molecule has 106 valence electrons. The van der Waals surface area contributed by atoms with Crippen molar-refractivity contribution in [3.8, 4) is 0 Å². The Morgan fingerprint density at radius 1 is 1.11 bits per heavy atom. The summed E-state index contributed by atoms with van der Waals surface area (Å²) < 4.78 is 5.67. The van der Waals surface area contributed by atoms with Gasteiger partial charge >= 0.3 is 0 Å². The minimum atomic E-state index is 0.859. The quantitative estimate of drug-likeness (QED) is 0.417. The summed E-state index contributed by atoms with van der Waals surface area (Å²) in [5, 5.41) is 0. The van der Waals surface area contributed by atoms with Gasteiger partial charge in [-0.05, 0) is 44.6 Å². The maximum atomic E-state index is 5.67. The van der Waals surface area contributed by atoms with Gasteiger partial charge in [-0.15, -0.1) is 0 Å². The van der Waals surface area contributed by atoms with Gasteiger partial charge in [-0.25, -0.2) is 0 Å². The first-order valence-electron chi connectivity index (χ1n) is 7.60. The van der Waals surface area contributed by atoms with Crippen LogP contribution in [0.5, 0.6) is 0 Å². The molecule has 0 aliphatic carbocycles. The monoisotopic (exact) mass is 260 g/mol. The molecule has 1 rings (SSSR count). The highest BCUT2D eigenvalue weighted by molar-refractivity contribution is 5.14. The lowest BCUT2D eigenvalue weighted by molar-refractivity contribution is 0.136. The van der Waals surface area contributed by atoms with Gasteiger partial charge in [0, 0.05) is 6.61 Å². The second-order valence-corrected chi connectivity index (χ2v) is 5.14. The van der Waals surface area contributed by atoms with Crippen LogP contribution in [0.3, 0.4) is 0 Å². The third kappa shape index (κ3) is 8.61. The Morgan fingerprint density at radius 3 is 2.63 bits per heavy atom. The lowest BCUT2D eigenvalue weighted by Gasteiger charge is -2.04. The third-order valence-corrected chi connectivity index (χ3v) is 3.28. The Kier molecular flexibility index (Phi) is 9.09. The number of allylic oxidation sites excluding steroid dienone is 1. The summed E-state index contributed by atoms with van der Waals surface area (Å²) in [6.07, 6.45) is 9.44. The van der Waals surface area contributed by atoms with Gasteiger partial charge in [-0.1, -0.05) is 55.3 Å². The van der Waals surface area contributed by atoms with E-state index >= 15 is 0 Å². The zero-order chi connectivity index (χ0) is 13.8. The van der Waals surface area contributed by atoms with Gasteiger partial charge in [0.15, 0.2) is 0 Å². The Hall–Kier alpha value is -1.08. The summed E-state index contributed by atoms with van der Waals surface area (Å²) in [5.41, 5.74) is 2.91. The molecule has 19 heavy (non-hydrogen) atoms. The maximum absolute atomic E-state index is 5.67. The van der Waals surface area contributed by atoms with E-state index in [0.717, 1.165) is 32.5 Å². The Bertz CT molecular complexity index is 340. The fourth-order valence-electron chi connectivity index (χ4n) is 2.07. The van der Waals surface area contributed by atoms with Crippen LogP contribution in [0.15, 0.2) is 42.0 Å². The molecule has 0 bridgehead atoms. The lowest BCUT2D eigenvalue weighted by atomic mass is 10.1. The molecule has 1 heteroatoms. The lowest BCUT2D eigenvalue weighted by Crippen LogP contribution is -1.98. The van der Waals surface area contributed by atoms with Crippen LogP contribution in [0.25, 0.3) is 0 Å². The molecular formula is C18H28O. The van der Waals surface area contributed by atoms with Crippen molar-refractivity contribution in [1.29, 1.82) is 0 Å². The average molecular weight is 260 g/mol. The zero-order valence-corrected chi connectivity index (χ0v) is 12.5. The topological polar surface area (TPSA) is 9.23 Å². The van der Waals surface area contributed by atoms with Crippen LogP contribution >= 0.6 is 0 Å². The van der Waals surface area contributed by atoms with Crippen molar-refractivity contribution < 1.29 is 4.74 Å². The van der Waals surface area contributed by atoms with Crippen LogP contribution in [0, 0.1) is 0 Å². The molecule has 0 atom stereocenters. The minimum Gasteiger partial charge on any atom is -0.381 e. The molecule has 0 fully saturated rings. The van der Waals surface area contributed by atoms with E-state index in [1.807, 2.05) is 0 Å². The third-order valence-electron chi connectivity index (χ3n) is 3.28. The predicted octanol–water partition coefficient (Wildman–Crippen LogP) is 5.16. The number of unbranched alkanes of at least 4 members (excludes halogenated alkanes) is 1. The summed E-state index contributed by atoms with van der Waals surface area (Å²) in [7, 11) is 0. The molecule has 0 aromatic heterocycles. The van der Waals surface area contributed by atoms with Crippen molar-refractivity contribution in [2.24, 2.45) is 0 Å². The van der Waals surface area contributed by atoms with Gasteiger partial charge < -0.3 is 4.74 Å². The van der Waals surface area contributed by atoms with Gasteiger partial charge in [0.2, 0.25) is 0 Å². The number of hydrogen-bond acceptors (Lipinski definition) is 1. The molecular weight excluding hydrogens is 232 g/mol. The van der Waals surface area contributed by atoms with Gasteiger partial charge in [-0.3, -0.25) is 0 Å². The number of aryl methyl sites for hydroxylation is 1. The van der Waals surface area contributed by atoms with Crippen molar-refractivity contribution >= 4 is 0 Å². The Morgan fingerprint density at radius 2 is 1.89 bits per heavy atom. The minimum absolute atomic E-state index is 0.859. The second-order valence-electron chi connectivity index (χ2n) is 5.14. The fraction of sp³-hybridized carbons (Fsp3) is 0.556. The highest BCUT2D eigenvalue weighted by atomic mass is 16.5. The van der Waals surface area contributed by atoms with Crippen molar-refractivity contribution in [2.75, 3.05) is 13.2 Å². The molecule has 0 unspecified atom stereocenters. The van der Waals surface area contributed by atoms with E-state index in [-0.39, 0.29) is 0 Å². The molecule has 0 amide bonds.